The summed E-state index contributed by atoms with van der Waals surface area (Å²) in [5, 5.41) is 7.84. The van der Waals surface area contributed by atoms with Crippen molar-refractivity contribution in [2.75, 3.05) is 13.6 Å². The smallest absolute Gasteiger partial charge is 0.214 e. The van der Waals surface area contributed by atoms with Crippen LogP contribution in [0.2, 0.25) is 0 Å². The topological polar surface area (TPSA) is 67.4 Å². The molecule has 0 saturated carbocycles. The van der Waals surface area contributed by atoms with Crippen molar-refractivity contribution in [1.82, 2.24) is 20.2 Å². The molecule has 0 bridgehead atoms. The van der Waals surface area contributed by atoms with Crippen molar-refractivity contribution in [2.24, 2.45) is 4.99 Å². The van der Waals surface area contributed by atoms with Gasteiger partial charge in [0, 0.05) is 31.9 Å². The molecule has 0 atom stereocenters. The van der Waals surface area contributed by atoms with E-state index in [0.29, 0.717) is 12.4 Å². The molecular formula is C19H26IN5O. The van der Waals surface area contributed by atoms with Crippen LogP contribution in [0, 0.1) is 13.8 Å². The molecule has 1 aromatic carbocycles. The summed E-state index contributed by atoms with van der Waals surface area (Å²) in [5.74, 6) is 2.29. The fourth-order valence-electron chi connectivity index (χ4n) is 2.79. The largest absolute Gasteiger partial charge is 0.444 e. The second kappa shape index (κ2) is 9.61. The Bertz CT molecular complexity index is 848. The highest BCUT2D eigenvalue weighted by Crippen LogP contribution is 2.15. The fourth-order valence-corrected chi connectivity index (χ4v) is 2.79. The maximum absolute atomic E-state index is 5.56. The highest BCUT2D eigenvalue weighted by atomic mass is 127. The van der Waals surface area contributed by atoms with Gasteiger partial charge in [-0.1, -0.05) is 18.2 Å². The zero-order valence-corrected chi connectivity index (χ0v) is 17.8. The highest BCUT2D eigenvalue weighted by molar-refractivity contribution is 14.0. The predicted molar refractivity (Wildman–Crippen MR) is 116 cm³/mol. The van der Waals surface area contributed by atoms with Crippen LogP contribution in [0.5, 0.6) is 0 Å². The fraction of sp³-hybridized carbons (Fsp3) is 0.368. The normalized spacial score (nSPS) is 11.4. The molecule has 0 aliphatic carbocycles. The lowest BCUT2D eigenvalue weighted by molar-refractivity contribution is 0.463. The van der Waals surface area contributed by atoms with Crippen molar-refractivity contribution < 1.29 is 4.42 Å². The minimum atomic E-state index is 0. The molecule has 26 heavy (non-hydrogen) atoms. The van der Waals surface area contributed by atoms with Crippen LogP contribution in [-0.2, 0) is 13.1 Å². The van der Waals surface area contributed by atoms with Crippen molar-refractivity contribution in [2.45, 2.75) is 33.4 Å². The van der Waals surface area contributed by atoms with E-state index < -0.39 is 0 Å². The van der Waals surface area contributed by atoms with Crippen molar-refractivity contribution in [3.63, 3.8) is 0 Å². The zero-order chi connectivity index (χ0) is 17.6. The second-order valence-electron chi connectivity index (χ2n) is 6.02. The first-order valence-corrected chi connectivity index (χ1v) is 8.58. The predicted octanol–water partition coefficient (Wildman–Crippen LogP) is 3.62. The molecule has 0 fully saturated rings. The molecule has 3 aromatic rings. The van der Waals surface area contributed by atoms with E-state index >= 15 is 0 Å². The number of nitrogens with one attached hydrogen (secondary N) is 2. The molecule has 7 heteroatoms. The maximum atomic E-state index is 5.56. The lowest BCUT2D eigenvalue weighted by atomic mass is 10.2. The van der Waals surface area contributed by atoms with Crippen LogP contribution in [-0.4, -0.2) is 29.1 Å². The van der Waals surface area contributed by atoms with Gasteiger partial charge in [-0.25, -0.2) is 4.98 Å². The number of guanidine groups is 1. The Kier molecular flexibility index (Phi) is 7.50. The van der Waals surface area contributed by atoms with E-state index in [1.54, 1.807) is 7.05 Å². The molecule has 2 aromatic heterocycles. The molecule has 3 rings (SSSR count). The van der Waals surface area contributed by atoms with Gasteiger partial charge in [0.25, 0.3) is 0 Å². The molecule has 0 radical (unpaired) electrons. The van der Waals surface area contributed by atoms with Crippen LogP contribution >= 0.6 is 24.0 Å². The number of aromatic nitrogens is 2. The number of rotatable bonds is 6. The number of hydrogen-bond acceptors (Lipinski definition) is 3. The SMILES string of the molecule is CN=C(NCCCn1ccc2ccccc21)NCc1nc(C)c(C)o1.I. The summed E-state index contributed by atoms with van der Waals surface area (Å²) in [5.41, 5.74) is 2.21. The first-order chi connectivity index (χ1) is 12.2. The van der Waals surface area contributed by atoms with E-state index in [4.69, 9.17) is 4.42 Å². The van der Waals surface area contributed by atoms with E-state index in [0.717, 1.165) is 36.9 Å². The standard InChI is InChI=1S/C19H25N5O.HI/c1-14-15(2)25-18(23-14)13-22-19(20-3)21-10-6-11-24-12-9-16-7-4-5-8-17(16)24;/h4-5,7-9,12H,6,10-11,13H2,1-3H3,(H2,20,21,22);1H. The third-order valence-electron chi connectivity index (χ3n) is 4.25. The van der Waals surface area contributed by atoms with E-state index in [9.17, 15) is 0 Å². The number of para-hydroxylation sites is 1. The molecular weight excluding hydrogens is 441 g/mol. The average Bonchev–Trinajstić information content (AvgIpc) is 3.18. The minimum absolute atomic E-state index is 0. The minimum Gasteiger partial charge on any atom is -0.444 e. The van der Waals surface area contributed by atoms with Crippen LogP contribution in [0.1, 0.15) is 23.8 Å². The van der Waals surface area contributed by atoms with Crippen LogP contribution in [0.25, 0.3) is 10.9 Å². The first kappa shape index (κ1) is 20.3. The van der Waals surface area contributed by atoms with Gasteiger partial charge in [-0.15, -0.1) is 24.0 Å². The molecule has 0 unspecified atom stereocenters. The lowest BCUT2D eigenvalue weighted by Gasteiger charge is -2.11. The summed E-state index contributed by atoms with van der Waals surface area (Å²) in [6.45, 7) is 6.20. The molecule has 0 spiro atoms. The maximum Gasteiger partial charge on any atom is 0.214 e. The van der Waals surface area contributed by atoms with Gasteiger partial charge in [0.15, 0.2) is 5.96 Å². The summed E-state index contributed by atoms with van der Waals surface area (Å²) in [6, 6.07) is 10.6. The van der Waals surface area contributed by atoms with Crippen molar-refractivity contribution in [3.8, 4) is 0 Å². The number of fused-ring (bicyclic) bond motifs is 1. The van der Waals surface area contributed by atoms with Gasteiger partial charge in [0.05, 0.1) is 12.2 Å². The van der Waals surface area contributed by atoms with Gasteiger partial charge >= 0.3 is 0 Å². The summed E-state index contributed by atoms with van der Waals surface area (Å²) in [4.78, 5) is 8.60. The summed E-state index contributed by atoms with van der Waals surface area (Å²) in [6.07, 6.45) is 3.15. The number of oxazole rings is 1. The Labute approximate surface area is 171 Å². The van der Waals surface area contributed by atoms with Crippen LogP contribution in [0.3, 0.4) is 0 Å². The Morgan fingerprint density at radius 3 is 2.73 bits per heavy atom. The van der Waals surface area contributed by atoms with E-state index in [-0.39, 0.29) is 24.0 Å². The molecule has 0 aliphatic rings. The Morgan fingerprint density at radius 2 is 2.00 bits per heavy atom. The van der Waals surface area contributed by atoms with Crippen molar-refractivity contribution in [3.05, 3.63) is 53.9 Å². The summed E-state index contributed by atoms with van der Waals surface area (Å²) >= 11 is 0. The molecule has 140 valence electrons. The van der Waals surface area contributed by atoms with Gasteiger partial charge in [-0.3, -0.25) is 4.99 Å². The van der Waals surface area contributed by atoms with Gasteiger partial charge < -0.3 is 19.6 Å². The Morgan fingerprint density at radius 1 is 1.19 bits per heavy atom. The number of aliphatic imine (C=N–C) groups is 1. The molecule has 0 aliphatic heterocycles. The van der Waals surface area contributed by atoms with Crippen LogP contribution < -0.4 is 10.6 Å². The number of nitrogens with zero attached hydrogens (tertiary/aromatic N) is 3. The van der Waals surface area contributed by atoms with Crippen LogP contribution in [0.15, 0.2) is 45.9 Å². The van der Waals surface area contributed by atoms with Crippen molar-refractivity contribution in [1.29, 1.82) is 0 Å². The quantitative estimate of drug-likeness (QED) is 0.252. The Hall–Kier alpha value is -2.03. The average molecular weight is 467 g/mol. The Balaban J connectivity index is 0.00000243. The molecule has 0 amide bonds. The van der Waals surface area contributed by atoms with Gasteiger partial charge in [-0.05, 0) is 37.8 Å². The zero-order valence-electron chi connectivity index (χ0n) is 15.5. The number of benzene rings is 1. The van der Waals surface area contributed by atoms with Gasteiger partial charge in [-0.2, -0.15) is 0 Å². The summed E-state index contributed by atoms with van der Waals surface area (Å²) in [7, 11) is 1.76. The number of hydrogen-bond donors (Lipinski definition) is 2. The van der Waals surface area contributed by atoms with Gasteiger partial charge in [0.1, 0.15) is 5.76 Å². The van der Waals surface area contributed by atoms with Crippen molar-refractivity contribution >= 4 is 40.8 Å². The molecule has 2 N–H and O–H groups in total. The number of halogens is 1. The summed E-state index contributed by atoms with van der Waals surface area (Å²) < 4.78 is 7.85. The molecule has 6 nitrogen and oxygen atoms in total. The monoisotopic (exact) mass is 467 g/mol. The first-order valence-electron chi connectivity index (χ1n) is 8.58. The second-order valence-corrected chi connectivity index (χ2v) is 6.02. The number of aryl methyl sites for hydroxylation is 3. The van der Waals surface area contributed by atoms with E-state index in [1.807, 2.05) is 13.8 Å². The van der Waals surface area contributed by atoms with Gasteiger partial charge in [0.2, 0.25) is 5.89 Å². The third-order valence-corrected chi connectivity index (χ3v) is 4.25. The molecule has 2 heterocycles. The lowest BCUT2D eigenvalue weighted by Crippen LogP contribution is -2.37. The van der Waals surface area contributed by atoms with E-state index in [2.05, 4.69) is 61.7 Å². The molecule has 0 saturated heterocycles. The van der Waals surface area contributed by atoms with Crippen LogP contribution in [0.4, 0.5) is 0 Å². The van der Waals surface area contributed by atoms with E-state index in [1.165, 1.54) is 10.9 Å². The highest BCUT2D eigenvalue weighted by Gasteiger charge is 2.06. The third kappa shape index (κ3) is 5.00.